The second-order valence-corrected chi connectivity index (χ2v) is 18.7. The first-order valence-electron chi connectivity index (χ1n) is 23.7. The Morgan fingerprint density at radius 1 is 0.582 bits per heavy atom. The Kier molecular flexibility index (Phi) is 10.8. The Bertz CT molecular complexity index is 3420. The van der Waals surface area contributed by atoms with Gasteiger partial charge in [0.15, 0.2) is 0 Å². The van der Waals surface area contributed by atoms with Crippen molar-refractivity contribution in [3.8, 4) is 16.8 Å². The van der Waals surface area contributed by atoms with Crippen LogP contribution in [-0.4, -0.2) is 11.1 Å². The van der Waals surface area contributed by atoms with Crippen LogP contribution in [0.4, 0.5) is 17.1 Å². The van der Waals surface area contributed by atoms with E-state index in [1.807, 2.05) is 0 Å². The summed E-state index contributed by atoms with van der Waals surface area (Å²) >= 11 is 0. The minimum absolute atomic E-state index is 0.110. The third-order valence-corrected chi connectivity index (χ3v) is 14.4. The van der Waals surface area contributed by atoms with Crippen molar-refractivity contribution >= 4 is 49.9 Å². The maximum atomic E-state index is 6.65. The van der Waals surface area contributed by atoms with E-state index in [0.717, 1.165) is 54.4 Å². The molecule has 1 aromatic heterocycles. The monoisotopic (exact) mass is 868 g/mol. The Morgan fingerprint density at radius 2 is 1.25 bits per heavy atom. The number of hydrogen-bond donors (Lipinski definition) is 2. The summed E-state index contributed by atoms with van der Waals surface area (Å²) in [6.45, 7) is 10.9. The average Bonchev–Trinajstić information content (AvgIpc) is 3.83. The lowest BCUT2D eigenvalue weighted by molar-refractivity contribution is 0.660. The molecule has 0 fully saturated rings. The van der Waals surface area contributed by atoms with Gasteiger partial charge < -0.3 is 20.9 Å². The molecule has 0 saturated carbocycles. The fourth-order valence-corrected chi connectivity index (χ4v) is 11.0. The molecule has 2 heterocycles. The predicted molar refractivity (Wildman–Crippen MR) is 284 cm³/mol. The van der Waals surface area contributed by atoms with Crippen LogP contribution in [-0.2, 0) is 24.8 Å². The average molecular weight is 869 g/mol. The van der Waals surface area contributed by atoms with Crippen molar-refractivity contribution in [2.75, 3.05) is 17.2 Å². The van der Waals surface area contributed by atoms with E-state index < -0.39 is 0 Å². The number of nitrogens with zero attached hydrogens (tertiary/aromatic N) is 2. The van der Waals surface area contributed by atoms with Gasteiger partial charge in [-0.05, 0) is 129 Å². The first-order chi connectivity index (χ1) is 32.8. The van der Waals surface area contributed by atoms with Gasteiger partial charge in [0.2, 0.25) is 0 Å². The van der Waals surface area contributed by atoms with Gasteiger partial charge in [-0.2, -0.15) is 0 Å². The lowest BCUT2D eigenvalue weighted by Gasteiger charge is -2.31. The molecule has 4 heteroatoms. The summed E-state index contributed by atoms with van der Waals surface area (Å²) in [5.41, 5.74) is 34.9. The molecule has 0 atom stereocenters. The molecule has 2 aliphatic carbocycles. The summed E-state index contributed by atoms with van der Waals surface area (Å²) in [6.07, 6.45) is 8.57. The second-order valence-electron chi connectivity index (χ2n) is 18.7. The quantitative estimate of drug-likeness (QED) is 0.164. The molecule has 8 aromatic carbocycles. The van der Waals surface area contributed by atoms with Gasteiger partial charge in [-0.3, -0.25) is 0 Å². The van der Waals surface area contributed by atoms with Crippen molar-refractivity contribution in [2.45, 2.75) is 51.5 Å². The van der Waals surface area contributed by atoms with Gasteiger partial charge in [-0.15, -0.1) is 0 Å². The van der Waals surface area contributed by atoms with Crippen molar-refractivity contribution in [1.29, 1.82) is 0 Å². The topological polar surface area (TPSA) is 60.2 Å². The molecule has 0 amide bonds. The third kappa shape index (κ3) is 7.39. The first kappa shape index (κ1) is 42.0. The van der Waals surface area contributed by atoms with E-state index in [2.05, 4.69) is 217 Å². The van der Waals surface area contributed by atoms with Crippen LogP contribution < -0.4 is 16.4 Å². The number of anilines is 3. The number of para-hydroxylation sites is 3. The molecular formula is C63H56N4. The third-order valence-electron chi connectivity index (χ3n) is 14.4. The van der Waals surface area contributed by atoms with E-state index in [4.69, 9.17) is 18.0 Å². The summed E-state index contributed by atoms with van der Waals surface area (Å²) in [6, 6.07) is 65.4. The molecule has 1 aliphatic heterocycles. The molecule has 67 heavy (non-hydrogen) atoms. The van der Waals surface area contributed by atoms with Crippen LogP contribution >= 0.6 is 0 Å². The first-order valence-corrected chi connectivity index (χ1v) is 23.7. The van der Waals surface area contributed by atoms with Crippen LogP contribution in [0.25, 0.3) is 49.6 Å². The minimum atomic E-state index is 0.110. The fraction of sp³-hybridized carbons (Fsp3) is 0.143. The SMILES string of the molecule is C=C1/C(C2=CCCc3c2c2ccccc2n3-c2ccc(Cc3ccc4ccccc4c3N)cc2)=C\CCN(c2ccccc2)c2ccccc21.CC1(C)c2ccccc2-c2cc(CN)ccc21. The van der Waals surface area contributed by atoms with E-state index >= 15 is 0 Å². The predicted octanol–water partition coefficient (Wildman–Crippen LogP) is 14.9. The Morgan fingerprint density at radius 3 is 2.07 bits per heavy atom. The normalized spacial score (nSPS) is 15.5. The smallest absolute Gasteiger partial charge is 0.0537 e. The maximum Gasteiger partial charge on any atom is 0.0537 e. The molecule has 0 bridgehead atoms. The molecule has 328 valence electrons. The zero-order valence-electron chi connectivity index (χ0n) is 38.5. The Balaban J connectivity index is 0.000000243. The van der Waals surface area contributed by atoms with Crippen molar-refractivity contribution in [3.05, 3.63) is 251 Å². The molecule has 9 aromatic rings. The molecule has 4 nitrogen and oxygen atoms in total. The standard InChI is InChI=1S/C47H39N3.C16H17N/c1-32-38(20-12-30-49(36-14-3-2-4-15-36)43-21-9-7-16-39(32)43)41-19-11-23-45-46(41)42-18-8-10-22-44(42)50(45)37-28-24-33(25-29-37)31-35-27-26-34-13-5-6-17-40(34)47(35)48;1-16(2)14-6-4-3-5-12(14)13-9-11(10-17)7-8-15(13)16/h2-10,13-22,24-29H,1,11-12,23,30-31,48H2;3-9H,10,17H2,1-2H3/b38-20+;. The summed E-state index contributed by atoms with van der Waals surface area (Å²) in [5.74, 6) is 0. The number of nitrogen functional groups attached to an aromatic ring is 1. The van der Waals surface area contributed by atoms with Gasteiger partial charge in [0.25, 0.3) is 0 Å². The van der Waals surface area contributed by atoms with Crippen LogP contribution in [0, 0.1) is 0 Å². The van der Waals surface area contributed by atoms with Crippen molar-refractivity contribution < 1.29 is 0 Å². The molecule has 4 N–H and O–H groups in total. The second kappa shape index (κ2) is 17.3. The van der Waals surface area contributed by atoms with Gasteiger partial charge >= 0.3 is 0 Å². The van der Waals surface area contributed by atoms with Gasteiger partial charge in [-0.25, -0.2) is 0 Å². The van der Waals surface area contributed by atoms with Crippen LogP contribution in [0.15, 0.2) is 206 Å². The highest BCUT2D eigenvalue weighted by Gasteiger charge is 2.35. The van der Waals surface area contributed by atoms with Gasteiger partial charge in [-0.1, -0.05) is 172 Å². The number of allylic oxidation sites excluding steroid dienone is 4. The minimum Gasteiger partial charge on any atom is -0.398 e. The van der Waals surface area contributed by atoms with Crippen molar-refractivity contribution in [2.24, 2.45) is 5.73 Å². The van der Waals surface area contributed by atoms with E-state index in [1.165, 1.54) is 94.7 Å². The maximum absolute atomic E-state index is 6.65. The van der Waals surface area contributed by atoms with Gasteiger partial charge in [0, 0.05) is 68.8 Å². The van der Waals surface area contributed by atoms with Crippen LogP contribution in [0.1, 0.15) is 71.3 Å². The van der Waals surface area contributed by atoms with Crippen molar-refractivity contribution in [1.82, 2.24) is 4.57 Å². The van der Waals surface area contributed by atoms with E-state index in [9.17, 15) is 0 Å². The fourth-order valence-electron chi connectivity index (χ4n) is 11.0. The van der Waals surface area contributed by atoms with E-state index in [1.54, 1.807) is 0 Å². The number of fused-ring (bicyclic) bond motifs is 8. The summed E-state index contributed by atoms with van der Waals surface area (Å²) in [4.78, 5) is 2.43. The molecule has 0 spiro atoms. The highest BCUT2D eigenvalue weighted by atomic mass is 15.1. The van der Waals surface area contributed by atoms with Gasteiger partial charge in [0.1, 0.15) is 0 Å². The number of rotatable bonds is 6. The summed E-state index contributed by atoms with van der Waals surface area (Å²) in [7, 11) is 0. The Hall–Kier alpha value is -7.66. The molecular weight excluding hydrogens is 813 g/mol. The zero-order valence-corrected chi connectivity index (χ0v) is 38.5. The van der Waals surface area contributed by atoms with Crippen LogP contribution in [0.3, 0.4) is 0 Å². The zero-order chi connectivity index (χ0) is 45.6. The molecule has 12 rings (SSSR count). The van der Waals surface area contributed by atoms with Crippen molar-refractivity contribution in [3.63, 3.8) is 0 Å². The van der Waals surface area contributed by atoms with Crippen LogP contribution in [0.5, 0.6) is 0 Å². The molecule has 3 aliphatic rings. The largest absolute Gasteiger partial charge is 0.398 e. The van der Waals surface area contributed by atoms with E-state index in [0.29, 0.717) is 6.54 Å². The van der Waals surface area contributed by atoms with Gasteiger partial charge in [0.05, 0.1) is 5.52 Å². The number of aromatic nitrogens is 1. The highest BCUT2D eigenvalue weighted by Crippen LogP contribution is 2.49. The Labute approximate surface area is 394 Å². The summed E-state index contributed by atoms with van der Waals surface area (Å²) in [5, 5.41) is 3.59. The lowest BCUT2D eigenvalue weighted by Crippen LogP contribution is -2.21. The molecule has 0 saturated heterocycles. The van der Waals surface area contributed by atoms with E-state index in [-0.39, 0.29) is 5.41 Å². The number of benzene rings is 8. The molecule has 0 radical (unpaired) electrons. The number of nitrogens with two attached hydrogens (primary N) is 2. The number of hydrogen-bond acceptors (Lipinski definition) is 3. The van der Waals surface area contributed by atoms with Crippen LogP contribution in [0.2, 0.25) is 0 Å². The summed E-state index contributed by atoms with van der Waals surface area (Å²) < 4.78 is 2.49. The lowest BCUT2D eigenvalue weighted by atomic mass is 9.82. The molecule has 0 unspecified atom stereocenters. The highest BCUT2D eigenvalue weighted by molar-refractivity contribution is 6.08.